The topological polar surface area (TPSA) is 85.8 Å². The zero-order valence-electron chi connectivity index (χ0n) is 9.49. The highest BCUT2D eigenvalue weighted by atomic mass is 16.1. The molecule has 0 unspecified atom stereocenters. The van der Waals surface area contributed by atoms with Crippen molar-refractivity contribution >= 4 is 12.0 Å². The number of carbonyl (C=O) groups excluding carboxylic acids is 1. The SMILES string of the molecule is CC(=O)NCCC=Cc1c[nH]c(=O)c(C#N)c1. The summed E-state index contributed by atoms with van der Waals surface area (Å²) in [6, 6.07) is 3.34. The minimum absolute atomic E-state index is 0.0609. The van der Waals surface area contributed by atoms with Crippen molar-refractivity contribution in [1.29, 1.82) is 5.26 Å². The molecule has 88 valence electrons. The van der Waals surface area contributed by atoms with Gasteiger partial charge in [0.2, 0.25) is 5.91 Å². The Morgan fingerprint density at radius 1 is 1.65 bits per heavy atom. The van der Waals surface area contributed by atoms with Crippen LogP contribution in [0, 0.1) is 11.3 Å². The van der Waals surface area contributed by atoms with E-state index < -0.39 is 0 Å². The first kappa shape index (κ1) is 12.7. The monoisotopic (exact) mass is 231 g/mol. The van der Waals surface area contributed by atoms with E-state index in [0.717, 1.165) is 5.56 Å². The lowest BCUT2D eigenvalue weighted by molar-refractivity contribution is -0.118. The standard InChI is InChI=1S/C12H13N3O2/c1-9(16)14-5-3-2-4-10-6-11(7-13)12(17)15-8-10/h2,4,6,8H,3,5H2,1H3,(H,14,16)(H,15,17). The zero-order chi connectivity index (χ0) is 12.7. The van der Waals surface area contributed by atoms with Crippen molar-refractivity contribution < 1.29 is 4.79 Å². The highest BCUT2D eigenvalue weighted by Gasteiger charge is 1.97. The first-order chi connectivity index (χ1) is 8.13. The van der Waals surface area contributed by atoms with Gasteiger partial charge in [0, 0.05) is 19.7 Å². The number of pyridine rings is 1. The number of carbonyl (C=O) groups is 1. The average Bonchev–Trinajstić information content (AvgIpc) is 2.30. The molecule has 0 fully saturated rings. The molecule has 0 aliphatic carbocycles. The number of hydrogen-bond donors (Lipinski definition) is 2. The first-order valence-corrected chi connectivity index (χ1v) is 5.17. The predicted octanol–water partition coefficient (Wildman–Crippen LogP) is 0.786. The highest BCUT2D eigenvalue weighted by Crippen LogP contribution is 2.01. The Morgan fingerprint density at radius 2 is 2.41 bits per heavy atom. The molecule has 5 nitrogen and oxygen atoms in total. The second-order valence-electron chi connectivity index (χ2n) is 3.46. The largest absolute Gasteiger partial charge is 0.356 e. The normalized spacial score (nSPS) is 10.1. The van der Waals surface area contributed by atoms with Crippen LogP contribution in [0.4, 0.5) is 0 Å². The lowest BCUT2D eigenvalue weighted by Crippen LogP contribution is -2.20. The van der Waals surface area contributed by atoms with Crippen molar-refractivity contribution in [1.82, 2.24) is 10.3 Å². The molecule has 5 heteroatoms. The van der Waals surface area contributed by atoms with Gasteiger partial charge in [0.1, 0.15) is 11.6 Å². The van der Waals surface area contributed by atoms with Crippen LogP contribution in [0.3, 0.4) is 0 Å². The Balaban J connectivity index is 2.57. The van der Waals surface area contributed by atoms with Crippen LogP contribution in [0.2, 0.25) is 0 Å². The smallest absolute Gasteiger partial charge is 0.265 e. The Labute approximate surface area is 98.8 Å². The molecule has 0 bridgehead atoms. The van der Waals surface area contributed by atoms with Crippen LogP contribution < -0.4 is 10.9 Å². The van der Waals surface area contributed by atoms with Gasteiger partial charge in [-0.1, -0.05) is 12.2 Å². The van der Waals surface area contributed by atoms with E-state index in [2.05, 4.69) is 10.3 Å². The lowest BCUT2D eigenvalue weighted by Gasteiger charge is -1.97. The number of nitriles is 1. The van der Waals surface area contributed by atoms with Crippen LogP contribution in [0.15, 0.2) is 23.1 Å². The van der Waals surface area contributed by atoms with Gasteiger partial charge in [-0.3, -0.25) is 9.59 Å². The number of hydrogen-bond acceptors (Lipinski definition) is 3. The second-order valence-corrected chi connectivity index (χ2v) is 3.46. The van der Waals surface area contributed by atoms with Crippen LogP contribution >= 0.6 is 0 Å². The van der Waals surface area contributed by atoms with Crippen molar-refractivity contribution in [2.75, 3.05) is 6.54 Å². The van der Waals surface area contributed by atoms with Crippen LogP contribution in [0.25, 0.3) is 6.08 Å². The van der Waals surface area contributed by atoms with Gasteiger partial charge < -0.3 is 10.3 Å². The molecule has 0 spiro atoms. The molecule has 1 rings (SSSR count). The molecule has 0 saturated carbocycles. The van der Waals surface area contributed by atoms with E-state index in [-0.39, 0.29) is 17.0 Å². The molecule has 1 aromatic rings. The molecule has 0 aliphatic rings. The van der Waals surface area contributed by atoms with Crippen LogP contribution in [-0.4, -0.2) is 17.4 Å². The second kappa shape index (κ2) is 6.28. The molecular formula is C12H13N3O2. The number of aromatic nitrogens is 1. The molecule has 0 aliphatic heterocycles. The van der Waals surface area contributed by atoms with Gasteiger partial charge >= 0.3 is 0 Å². The summed E-state index contributed by atoms with van der Waals surface area (Å²) in [5.41, 5.74) is 0.459. The van der Waals surface area contributed by atoms with Crippen LogP contribution in [0.1, 0.15) is 24.5 Å². The number of amides is 1. The maximum absolute atomic E-state index is 11.1. The number of aromatic amines is 1. The Bertz CT molecular complexity index is 523. The predicted molar refractivity (Wildman–Crippen MR) is 64.1 cm³/mol. The number of H-pyrrole nitrogens is 1. The third kappa shape index (κ3) is 4.34. The van der Waals surface area contributed by atoms with Gasteiger partial charge in [0.05, 0.1) is 0 Å². The third-order valence-electron chi connectivity index (χ3n) is 2.04. The zero-order valence-corrected chi connectivity index (χ0v) is 9.49. The quantitative estimate of drug-likeness (QED) is 0.751. The van der Waals surface area contributed by atoms with Gasteiger partial charge in [-0.15, -0.1) is 0 Å². The van der Waals surface area contributed by atoms with E-state index >= 15 is 0 Å². The summed E-state index contributed by atoms with van der Waals surface area (Å²) < 4.78 is 0. The highest BCUT2D eigenvalue weighted by molar-refractivity contribution is 5.72. The van der Waals surface area contributed by atoms with Crippen molar-refractivity contribution in [3.8, 4) is 6.07 Å². The number of nitrogens with zero attached hydrogens (tertiary/aromatic N) is 1. The Morgan fingerprint density at radius 3 is 3.06 bits per heavy atom. The van der Waals surface area contributed by atoms with E-state index in [4.69, 9.17) is 5.26 Å². The van der Waals surface area contributed by atoms with Crippen molar-refractivity contribution in [2.45, 2.75) is 13.3 Å². The molecule has 2 N–H and O–H groups in total. The molecule has 1 aromatic heterocycles. The van der Waals surface area contributed by atoms with E-state index in [9.17, 15) is 9.59 Å². The Kier molecular flexibility index (Phi) is 4.70. The Hall–Kier alpha value is -2.35. The third-order valence-corrected chi connectivity index (χ3v) is 2.04. The summed E-state index contributed by atoms with van der Waals surface area (Å²) in [5, 5.41) is 11.3. The maximum Gasteiger partial charge on any atom is 0.265 e. The fourth-order valence-electron chi connectivity index (χ4n) is 1.23. The van der Waals surface area contributed by atoms with Gasteiger partial charge in [-0.2, -0.15) is 5.26 Å². The molecule has 0 saturated heterocycles. The maximum atomic E-state index is 11.1. The van der Waals surface area contributed by atoms with Crippen molar-refractivity contribution in [3.63, 3.8) is 0 Å². The van der Waals surface area contributed by atoms with E-state index in [1.54, 1.807) is 6.08 Å². The minimum Gasteiger partial charge on any atom is -0.356 e. The van der Waals surface area contributed by atoms with Crippen molar-refractivity contribution in [2.24, 2.45) is 0 Å². The molecule has 0 atom stereocenters. The van der Waals surface area contributed by atoms with E-state index in [1.807, 2.05) is 12.1 Å². The van der Waals surface area contributed by atoms with Gasteiger partial charge in [0.15, 0.2) is 0 Å². The minimum atomic E-state index is -0.386. The van der Waals surface area contributed by atoms with Crippen LogP contribution in [0.5, 0.6) is 0 Å². The van der Waals surface area contributed by atoms with Crippen molar-refractivity contribution in [3.05, 3.63) is 39.8 Å². The number of rotatable bonds is 4. The lowest BCUT2D eigenvalue weighted by atomic mass is 10.2. The average molecular weight is 231 g/mol. The summed E-state index contributed by atoms with van der Waals surface area (Å²) in [4.78, 5) is 24.2. The van der Waals surface area contributed by atoms with Gasteiger partial charge in [-0.05, 0) is 18.1 Å². The number of nitrogens with one attached hydrogen (secondary N) is 2. The van der Waals surface area contributed by atoms with Gasteiger partial charge in [-0.25, -0.2) is 0 Å². The van der Waals surface area contributed by atoms with Gasteiger partial charge in [0.25, 0.3) is 5.56 Å². The van der Waals surface area contributed by atoms with Crippen LogP contribution in [-0.2, 0) is 4.79 Å². The van der Waals surface area contributed by atoms with E-state index in [1.165, 1.54) is 19.2 Å². The molecule has 0 radical (unpaired) electrons. The summed E-state index contributed by atoms with van der Waals surface area (Å²) >= 11 is 0. The summed E-state index contributed by atoms with van der Waals surface area (Å²) in [5.74, 6) is -0.0609. The fourth-order valence-corrected chi connectivity index (χ4v) is 1.23. The van der Waals surface area contributed by atoms with E-state index in [0.29, 0.717) is 13.0 Å². The molecule has 1 heterocycles. The molecule has 1 amide bonds. The summed E-state index contributed by atoms with van der Waals surface area (Å²) in [7, 11) is 0. The fraction of sp³-hybridized carbons (Fsp3) is 0.250. The summed E-state index contributed by atoms with van der Waals surface area (Å²) in [6.45, 7) is 2.03. The molecule has 0 aromatic carbocycles. The first-order valence-electron chi connectivity index (χ1n) is 5.17. The molecule has 17 heavy (non-hydrogen) atoms. The summed E-state index contributed by atoms with van der Waals surface area (Å²) in [6.07, 6.45) is 5.89. The molecular weight excluding hydrogens is 218 g/mol.